The molecule has 0 aromatic carbocycles. The number of aliphatic carboxylic acids is 1. The normalized spacial score (nSPS) is 14.8. The highest BCUT2D eigenvalue weighted by molar-refractivity contribution is 7.87. The molecule has 0 spiro atoms. The van der Waals surface area contributed by atoms with Crippen molar-refractivity contribution in [1.82, 2.24) is 9.03 Å². The summed E-state index contributed by atoms with van der Waals surface area (Å²) in [5.41, 5.74) is -0.690. The second kappa shape index (κ2) is 6.49. The number of hydrogen-bond donors (Lipinski definition) is 2. The highest BCUT2D eigenvalue weighted by Crippen LogP contribution is 2.20. The smallest absolute Gasteiger partial charge is 0.322 e. The maximum Gasteiger partial charge on any atom is 0.322 e. The molecule has 0 amide bonds. The van der Waals surface area contributed by atoms with Crippen LogP contribution in [-0.4, -0.2) is 43.4 Å². The lowest BCUT2D eigenvalue weighted by molar-refractivity contribution is -0.141. The van der Waals surface area contributed by atoms with Crippen LogP contribution in [-0.2, 0) is 15.0 Å². The molecular formula is C11H24N2O4S. The number of nitrogens with zero attached hydrogens (tertiary/aromatic N) is 1. The maximum absolute atomic E-state index is 11.9. The first kappa shape index (κ1) is 17.3. The molecule has 2 N–H and O–H groups in total. The third kappa shape index (κ3) is 5.32. The van der Waals surface area contributed by atoms with Crippen molar-refractivity contribution in [3.05, 3.63) is 0 Å². The van der Waals surface area contributed by atoms with Crippen LogP contribution in [0.5, 0.6) is 0 Å². The van der Waals surface area contributed by atoms with Crippen LogP contribution in [0.2, 0.25) is 0 Å². The van der Waals surface area contributed by atoms with Gasteiger partial charge in [0.2, 0.25) is 0 Å². The van der Waals surface area contributed by atoms with Gasteiger partial charge in [-0.25, -0.2) is 0 Å². The van der Waals surface area contributed by atoms with Gasteiger partial charge in [-0.05, 0) is 11.8 Å². The van der Waals surface area contributed by atoms with E-state index >= 15 is 0 Å². The molecule has 18 heavy (non-hydrogen) atoms. The molecule has 0 radical (unpaired) electrons. The lowest BCUT2D eigenvalue weighted by Gasteiger charge is -2.29. The van der Waals surface area contributed by atoms with Crippen LogP contribution in [0.25, 0.3) is 0 Å². The Morgan fingerprint density at radius 2 is 1.89 bits per heavy atom. The van der Waals surface area contributed by atoms with E-state index in [0.717, 1.165) is 17.1 Å². The molecule has 0 saturated heterocycles. The van der Waals surface area contributed by atoms with E-state index in [2.05, 4.69) is 4.72 Å². The second-order valence-electron chi connectivity index (χ2n) is 5.44. The summed E-state index contributed by atoms with van der Waals surface area (Å²) < 4.78 is 27.3. The fraction of sp³-hybridized carbons (Fsp3) is 0.909. The lowest BCUT2D eigenvalue weighted by atomic mass is 9.88. The van der Waals surface area contributed by atoms with Crippen molar-refractivity contribution >= 4 is 16.2 Å². The van der Waals surface area contributed by atoms with Crippen LogP contribution in [0.1, 0.15) is 40.5 Å². The van der Waals surface area contributed by atoms with E-state index in [1.807, 2.05) is 6.92 Å². The first-order chi connectivity index (χ1) is 8.02. The average molecular weight is 280 g/mol. The third-order valence-corrected chi connectivity index (χ3v) is 4.15. The van der Waals surface area contributed by atoms with E-state index in [1.165, 1.54) is 7.05 Å². The summed E-state index contributed by atoms with van der Waals surface area (Å²) in [6.07, 6.45) is 1.62. The molecule has 0 bridgehead atoms. The Morgan fingerprint density at radius 3 is 2.22 bits per heavy atom. The van der Waals surface area contributed by atoms with Gasteiger partial charge in [0, 0.05) is 13.6 Å². The molecule has 0 unspecified atom stereocenters. The Balaban J connectivity index is 4.88. The molecule has 0 rings (SSSR count). The lowest BCUT2D eigenvalue weighted by Crippen LogP contribution is -2.52. The molecule has 0 aromatic heterocycles. The van der Waals surface area contributed by atoms with Gasteiger partial charge in [-0.1, -0.05) is 34.1 Å². The van der Waals surface area contributed by atoms with Gasteiger partial charge in [0.1, 0.15) is 6.04 Å². The molecule has 108 valence electrons. The summed E-state index contributed by atoms with van der Waals surface area (Å²) in [6.45, 7) is 7.38. The van der Waals surface area contributed by atoms with Crippen molar-refractivity contribution in [2.24, 2.45) is 5.41 Å². The number of carboxylic acid groups (broad SMARTS) is 1. The number of carbonyl (C=O) groups is 1. The third-order valence-electron chi connectivity index (χ3n) is 2.62. The molecule has 7 heteroatoms. The van der Waals surface area contributed by atoms with Gasteiger partial charge in [0.15, 0.2) is 0 Å². The molecule has 6 nitrogen and oxygen atoms in total. The van der Waals surface area contributed by atoms with Crippen LogP contribution in [0.15, 0.2) is 0 Å². The minimum Gasteiger partial charge on any atom is -0.480 e. The van der Waals surface area contributed by atoms with Gasteiger partial charge in [-0.2, -0.15) is 17.4 Å². The van der Waals surface area contributed by atoms with Crippen LogP contribution in [0, 0.1) is 5.41 Å². The van der Waals surface area contributed by atoms with Crippen LogP contribution in [0.3, 0.4) is 0 Å². The van der Waals surface area contributed by atoms with Gasteiger partial charge in [-0.15, -0.1) is 0 Å². The van der Waals surface area contributed by atoms with Gasteiger partial charge >= 0.3 is 5.97 Å². The van der Waals surface area contributed by atoms with E-state index in [9.17, 15) is 13.2 Å². The van der Waals surface area contributed by atoms with E-state index in [-0.39, 0.29) is 0 Å². The highest BCUT2D eigenvalue weighted by atomic mass is 32.2. The van der Waals surface area contributed by atoms with Gasteiger partial charge < -0.3 is 5.11 Å². The molecule has 0 saturated carbocycles. The zero-order chi connectivity index (χ0) is 14.6. The van der Waals surface area contributed by atoms with Gasteiger partial charge in [-0.3, -0.25) is 4.79 Å². The molecule has 0 aromatic rings. The molecule has 0 aliphatic carbocycles. The summed E-state index contributed by atoms with van der Waals surface area (Å²) in [6, 6.07) is -1.15. The van der Waals surface area contributed by atoms with Crippen molar-refractivity contribution < 1.29 is 18.3 Å². The van der Waals surface area contributed by atoms with Crippen molar-refractivity contribution in [3.8, 4) is 0 Å². The Bertz CT molecular complexity index is 373. The van der Waals surface area contributed by atoms with Crippen LogP contribution >= 0.6 is 0 Å². The maximum atomic E-state index is 11.9. The first-order valence-corrected chi connectivity index (χ1v) is 7.42. The summed E-state index contributed by atoms with van der Waals surface area (Å²) in [4.78, 5) is 11.1. The molecule has 0 fully saturated rings. The van der Waals surface area contributed by atoms with E-state index in [0.29, 0.717) is 6.54 Å². The Morgan fingerprint density at radius 1 is 1.39 bits per heavy atom. The minimum atomic E-state index is -3.76. The summed E-state index contributed by atoms with van der Waals surface area (Å²) in [7, 11) is -2.31. The Kier molecular flexibility index (Phi) is 6.25. The van der Waals surface area contributed by atoms with E-state index in [1.54, 1.807) is 20.8 Å². The predicted octanol–water partition coefficient (Wildman–Crippen LogP) is 1.05. The van der Waals surface area contributed by atoms with Crippen molar-refractivity contribution in [2.75, 3.05) is 13.6 Å². The predicted molar refractivity (Wildman–Crippen MR) is 70.5 cm³/mol. The molecule has 0 aliphatic heterocycles. The topological polar surface area (TPSA) is 86.7 Å². The minimum absolute atomic E-state index is 0.377. The highest BCUT2D eigenvalue weighted by Gasteiger charge is 2.35. The first-order valence-electron chi connectivity index (χ1n) is 5.98. The molecule has 0 aliphatic rings. The standard InChI is InChI=1S/C11H24N2O4S/c1-6-7-8-13(5)18(16,17)12-9(10(14)15)11(2,3)4/h9,12H,6-8H2,1-5H3,(H,14,15)/t9-/m0/s1. The van der Waals surface area contributed by atoms with Crippen molar-refractivity contribution in [3.63, 3.8) is 0 Å². The zero-order valence-corrected chi connectivity index (χ0v) is 12.5. The quantitative estimate of drug-likeness (QED) is 0.730. The SMILES string of the molecule is CCCCN(C)S(=O)(=O)N[C@@H](C(=O)O)C(C)(C)C. The summed E-state index contributed by atoms with van der Waals surface area (Å²) in [5.74, 6) is -1.17. The number of hydrogen-bond acceptors (Lipinski definition) is 3. The van der Waals surface area contributed by atoms with Crippen LogP contribution in [0.4, 0.5) is 0 Å². The second-order valence-corrected chi connectivity index (χ2v) is 7.24. The van der Waals surface area contributed by atoms with Crippen LogP contribution < -0.4 is 4.72 Å². The fourth-order valence-electron chi connectivity index (χ4n) is 1.34. The molecule has 0 heterocycles. The van der Waals surface area contributed by atoms with Gasteiger partial charge in [0.25, 0.3) is 10.2 Å². The van der Waals surface area contributed by atoms with Crippen molar-refractivity contribution in [1.29, 1.82) is 0 Å². The molecule has 1 atom stereocenters. The Labute approximate surface area is 110 Å². The average Bonchev–Trinajstić information content (AvgIpc) is 2.20. The molecular weight excluding hydrogens is 256 g/mol. The number of unbranched alkanes of at least 4 members (excludes halogenated alkanes) is 1. The van der Waals surface area contributed by atoms with Crippen molar-refractivity contribution in [2.45, 2.75) is 46.6 Å². The number of carboxylic acids is 1. The Hall–Kier alpha value is -0.660. The monoisotopic (exact) mass is 280 g/mol. The zero-order valence-electron chi connectivity index (χ0n) is 11.7. The summed E-state index contributed by atoms with van der Waals surface area (Å²) in [5, 5.41) is 9.08. The fourth-order valence-corrected chi connectivity index (χ4v) is 2.64. The van der Waals surface area contributed by atoms with E-state index < -0.39 is 27.6 Å². The van der Waals surface area contributed by atoms with Gasteiger partial charge in [0.05, 0.1) is 0 Å². The number of rotatable bonds is 7. The summed E-state index contributed by atoms with van der Waals surface area (Å²) >= 11 is 0. The largest absolute Gasteiger partial charge is 0.480 e. The van der Waals surface area contributed by atoms with E-state index in [4.69, 9.17) is 5.11 Å². The number of nitrogens with one attached hydrogen (secondary N) is 1.